The first-order valence-corrected chi connectivity index (χ1v) is 6.25. The Morgan fingerprint density at radius 1 is 1.35 bits per heavy atom. The van der Waals surface area contributed by atoms with Gasteiger partial charge < -0.3 is 10.6 Å². The molecule has 0 radical (unpaired) electrons. The zero-order valence-corrected chi connectivity index (χ0v) is 10.4. The Balaban J connectivity index is 1.96. The fourth-order valence-corrected chi connectivity index (χ4v) is 2.15. The molecule has 1 saturated carbocycles. The van der Waals surface area contributed by atoms with E-state index in [1.54, 1.807) is 0 Å². The zero-order chi connectivity index (χ0) is 12.3. The lowest BCUT2D eigenvalue weighted by atomic mass is 9.85. The van der Waals surface area contributed by atoms with Crippen molar-refractivity contribution in [1.82, 2.24) is 4.90 Å². The molecule has 3 nitrogen and oxygen atoms in total. The number of carbonyl (C=O) groups is 1. The third-order valence-corrected chi connectivity index (χ3v) is 3.54. The van der Waals surface area contributed by atoms with Crippen molar-refractivity contribution < 1.29 is 4.79 Å². The summed E-state index contributed by atoms with van der Waals surface area (Å²) in [6.45, 7) is 1.41. The largest absolute Gasteiger partial charge is 0.341 e. The topological polar surface area (TPSA) is 46.3 Å². The summed E-state index contributed by atoms with van der Waals surface area (Å²) in [5.74, 6) is 0.827. The van der Waals surface area contributed by atoms with Gasteiger partial charge in [0.05, 0.1) is 0 Å². The standard InChI is InChI=1S/C14H20N2O/c1-16(10-12-3-2-4-12)14(17)13-7-5-11(9-15)6-8-13/h5-8,12H,2-4,9-10,15H2,1H3. The number of hydrogen-bond acceptors (Lipinski definition) is 2. The van der Waals surface area contributed by atoms with Gasteiger partial charge in [0.2, 0.25) is 0 Å². The molecule has 1 aromatic rings. The third-order valence-electron chi connectivity index (χ3n) is 3.54. The minimum absolute atomic E-state index is 0.112. The summed E-state index contributed by atoms with van der Waals surface area (Å²) in [7, 11) is 1.89. The van der Waals surface area contributed by atoms with Gasteiger partial charge in [0, 0.05) is 25.7 Å². The lowest BCUT2D eigenvalue weighted by Gasteiger charge is -2.30. The van der Waals surface area contributed by atoms with Crippen molar-refractivity contribution in [2.75, 3.05) is 13.6 Å². The molecule has 0 spiro atoms. The summed E-state index contributed by atoms with van der Waals surface area (Å²) in [4.78, 5) is 13.9. The first kappa shape index (κ1) is 12.1. The lowest BCUT2D eigenvalue weighted by molar-refractivity contribution is 0.0745. The number of rotatable bonds is 4. The second-order valence-corrected chi connectivity index (χ2v) is 4.88. The van der Waals surface area contributed by atoms with Gasteiger partial charge in [0.1, 0.15) is 0 Å². The van der Waals surface area contributed by atoms with Crippen LogP contribution >= 0.6 is 0 Å². The number of nitrogens with zero attached hydrogens (tertiary/aromatic N) is 1. The van der Waals surface area contributed by atoms with Crippen molar-refractivity contribution in [3.05, 3.63) is 35.4 Å². The first-order chi connectivity index (χ1) is 8.20. The highest BCUT2D eigenvalue weighted by Crippen LogP contribution is 2.27. The molecule has 0 aromatic heterocycles. The average molecular weight is 232 g/mol. The van der Waals surface area contributed by atoms with Gasteiger partial charge in [-0.25, -0.2) is 0 Å². The van der Waals surface area contributed by atoms with Crippen LogP contribution in [0.5, 0.6) is 0 Å². The fourth-order valence-electron chi connectivity index (χ4n) is 2.15. The Morgan fingerprint density at radius 3 is 2.47 bits per heavy atom. The van der Waals surface area contributed by atoms with Crippen LogP contribution in [0, 0.1) is 5.92 Å². The first-order valence-electron chi connectivity index (χ1n) is 6.25. The van der Waals surface area contributed by atoms with Crippen LogP contribution in [0.4, 0.5) is 0 Å². The van der Waals surface area contributed by atoms with Crippen molar-refractivity contribution in [2.45, 2.75) is 25.8 Å². The molecule has 1 fully saturated rings. The quantitative estimate of drug-likeness (QED) is 0.863. The average Bonchev–Trinajstić information content (AvgIpc) is 2.32. The van der Waals surface area contributed by atoms with Crippen molar-refractivity contribution in [3.63, 3.8) is 0 Å². The highest BCUT2D eigenvalue weighted by Gasteiger charge is 2.21. The van der Waals surface area contributed by atoms with Crippen molar-refractivity contribution >= 4 is 5.91 Å². The van der Waals surface area contributed by atoms with E-state index in [9.17, 15) is 4.79 Å². The molecule has 1 amide bonds. The Kier molecular flexibility index (Phi) is 3.79. The van der Waals surface area contributed by atoms with Crippen molar-refractivity contribution in [3.8, 4) is 0 Å². The van der Waals surface area contributed by atoms with Gasteiger partial charge in [-0.15, -0.1) is 0 Å². The van der Waals surface area contributed by atoms with Gasteiger partial charge >= 0.3 is 0 Å². The second-order valence-electron chi connectivity index (χ2n) is 4.88. The number of hydrogen-bond donors (Lipinski definition) is 1. The SMILES string of the molecule is CN(CC1CCC1)C(=O)c1ccc(CN)cc1. The lowest BCUT2D eigenvalue weighted by Crippen LogP contribution is -2.34. The molecule has 0 atom stereocenters. The molecule has 0 unspecified atom stereocenters. The number of benzene rings is 1. The predicted octanol–water partition coefficient (Wildman–Crippen LogP) is 2.02. The normalized spacial score (nSPS) is 15.4. The van der Waals surface area contributed by atoms with Gasteiger partial charge in [0.15, 0.2) is 0 Å². The molecule has 0 bridgehead atoms. The maximum atomic E-state index is 12.1. The summed E-state index contributed by atoms with van der Waals surface area (Å²) < 4.78 is 0. The summed E-state index contributed by atoms with van der Waals surface area (Å²) in [5, 5.41) is 0. The van der Waals surface area contributed by atoms with E-state index in [0.717, 1.165) is 17.7 Å². The molecule has 1 aliphatic carbocycles. The summed E-state index contributed by atoms with van der Waals surface area (Å²) >= 11 is 0. The molecule has 1 aliphatic rings. The van der Waals surface area contributed by atoms with E-state index in [4.69, 9.17) is 5.73 Å². The molecule has 3 heteroatoms. The third kappa shape index (κ3) is 2.86. The van der Waals surface area contributed by atoms with E-state index in [1.807, 2.05) is 36.2 Å². The molecule has 92 valence electrons. The van der Waals surface area contributed by atoms with Crippen LogP contribution in [-0.4, -0.2) is 24.4 Å². The summed E-state index contributed by atoms with van der Waals surface area (Å²) in [6, 6.07) is 7.57. The number of amides is 1. The van der Waals surface area contributed by atoms with Crippen LogP contribution in [0.3, 0.4) is 0 Å². The summed E-state index contributed by atoms with van der Waals surface area (Å²) in [5.41, 5.74) is 7.34. The predicted molar refractivity (Wildman–Crippen MR) is 68.6 cm³/mol. The minimum Gasteiger partial charge on any atom is -0.341 e. The van der Waals surface area contributed by atoms with E-state index < -0.39 is 0 Å². The van der Waals surface area contributed by atoms with Crippen LogP contribution in [-0.2, 0) is 6.54 Å². The van der Waals surface area contributed by atoms with Crippen LogP contribution in [0.25, 0.3) is 0 Å². The maximum Gasteiger partial charge on any atom is 0.253 e. The highest BCUT2D eigenvalue weighted by atomic mass is 16.2. The van der Waals surface area contributed by atoms with E-state index in [-0.39, 0.29) is 5.91 Å². The van der Waals surface area contributed by atoms with Crippen molar-refractivity contribution in [2.24, 2.45) is 11.7 Å². The van der Waals surface area contributed by atoms with Crippen molar-refractivity contribution in [1.29, 1.82) is 0 Å². The van der Waals surface area contributed by atoms with Crippen LogP contribution in [0.1, 0.15) is 35.2 Å². The molecular weight excluding hydrogens is 212 g/mol. The molecule has 2 rings (SSSR count). The fraction of sp³-hybridized carbons (Fsp3) is 0.500. The molecule has 17 heavy (non-hydrogen) atoms. The summed E-state index contributed by atoms with van der Waals surface area (Å²) in [6.07, 6.45) is 3.85. The maximum absolute atomic E-state index is 12.1. The minimum atomic E-state index is 0.112. The Bertz CT molecular complexity index is 382. The number of carbonyl (C=O) groups excluding carboxylic acids is 1. The smallest absolute Gasteiger partial charge is 0.253 e. The van der Waals surface area contributed by atoms with E-state index >= 15 is 0 Å². The van der Waals surface area contributed by atoms with Gasteiger partial charge in [-0.1, -0.05) is 18.6 Å². The molecule has 0 saturated heterocycles. The Labute approximate surface area is 103 Å². The zero-order valence-electron chi connectivity index (χ0n) is 10.4. The van der Waals surface area contributed by atoms with Crippen LogP contribution in [0.2, 0.25) is 0 Å². The van der Waals surface area contributed by atoms with Gasteiger partial charge in [-0.05, 0) is 36.5 Å². The number of nitrogens with two attached hydrogens (primary N) is 1. The van der Waals surface area contributed by atoms with E-state index in [0.29, 0.717) is 12.5 Å². The van der Waals surface area contributed by atoms with Gasteiger partial charge in [0.25, 0.3) is 5.91 Å². The Hall–Kier alpha value is -1.35. The van der Waals surface area contributed by atoms with Gasteiger partial charge in [-0.3, -0.25) is 4.79 Å². The molecule has 0 aliphatic heterocycles. The van der Waals surface area contributed by atoms with Gasteiger partial charge in [-0.2, -0.15) is 0 Å². The molecular formula is C14H20N2O. The monoisotopic (exact) mass is 232 g/mol. The Morgan fingerprint density at radius 2 is 2.00 bits per heavy atom. The van der Waals surface area contributed by atoms with Crippen LogP contribution in [0.15, 0.2) is 24.3 Å². The molecule has 1 aromatic carbocycles. The van der Waals surface area contributed by atoms with Crippen LogP contribution < -0.4 is 5.73 Å². The second kappa shape index (κ2) is 5.32. The molecule has 2 N–H and O–H groups in total. The highest BCUT2D eigenvalue weighted by molar-refractivity contribution is 5.94. The van der Waals surface area contributed by atoms with E-state index in [2.05, 4.69) is 0 Å². The van der Waals surface area contributed by atoms with E-state index in [1.165, 1.54) is 19.3 Å². The molecule has 0 heterocycles.